The molecule has 104 valence electrons. The Morgan fingerprint density at radius 2 is 2.00 bits per heavy atom. The molecular formula is C18H21NO. The van der Waals surface area contributed by atoms with Gasteiger partial charge in [0.05, 0.1) is 7.11 Å². The van der Waals surface area contributed by atoms with Crippen molar-refractivity contribution in [3.63, 3.8) is 0 Å². The molecule has 0 unspecified atom stereocenters. The Balaban J connectivity index is 2.05. The van der Waals surface area contributed by atoms with Crippen molar-refractivity contribution in [2.24, 2.45) is 0 Å². The summed E-state index contributed by atoms with van der Waals surface area (Å²) >= 11 is 0. The SMILES string of the molecule is CCN1CCc2cccc(-c3cccc(OC)c3)c2C1. The summed E-state index contributed by atoms with van der Waals surface area (Å²) in [5.41, 5.74) is 5.57. The number of likely N-dealkylation sites (N-methyl/N-ethyl adjacent to an activating group) is 1. The molecule has 0 saturated heterocycles. The number of hydrogen-bond donors (Lipinski definition) is 0. The van der Waals surface area contributed by atoms with Gasteiger partial charge in [0, 0.05) is 13.1 Å². The van der Waals surface area contributed by atoms with E-state index in [0.29, 0.717) is 0 Å². The predicted octanol–water partition coefficient (Wildman–Crippen LogP) is 3.74. The Morgan fingerprint density at radius 3 is 2.80 bits per heavy atom. The zero-order valence-corrected chi connectivity index (χ0v) is 12.2. The van der Waals surface area contributed by atoms with Crippen LogP contribution in [0.5, 0.6) is 5.75 Å². The van der Waals surface area contributed by atoms with E-state index >= 15 is 0 Å². The summed E-state index contributed by atoms with van der Waals surface area (Å²) < 4.78 is 5.35. The quantitative estimate of drug-likeness (QED) is 0.840. The van der Waals surface area contributed by atoms with E-state index in [1.54, 1.807) is 7.11 Å². The Labute approximate surface area is 121 Å². The van der Waals surface area contributed by atoms with E-state index in [-0.39, 0.29) is 0 Å². The highest BCUT2D eigenvalue weighted by Crippen LogP contribution is 2.32. The number of nitrogens with zero attached hydrogens (tertiary/aromatic N) is 1. The van der Waals surface area contributed by atoms with E-state index in [0.717, 1.165) is 25.3 Å². The first-order valence-corrected chi connectivity index (χ1v) is 7.29. The average Bonchev–Trinajstić information content (AvgIpc) is 2.53. The molecule has 3 rings (SSSR count). The van der Waals surface area contributed by atoms with Crippen LogP contribution in [0.25, 0.3) is 11.1 Å². The fraction of sp³-hybridized carbons (Fsp3) is 0.333. The van der Waals surface area contributed by atoms with Crippen molar-refractivity contribution in [2.75, 3.05) is 20.2 Å². The minimum Gasteiger partial charge on any atom is -0.497 e. The fourth-order valence-corrected chi connectivity index (χ4v) is 2.97. The molecule has 1 heterocycles. The number of ether oxygens (including phenoxy) is 1. The molecule has 2 aromatic rings. The van der Waals surface area contributed by atoms with Crippen LogP contribution in [0.15, 0.2) is 42.5 Å². The van der Waals surface area contributed by atoms with Crippen LogP contribution in [0.2, 0.25) is 0 Å². The second-order valence-electron chi connectivity index (χ2n) is 5.29. The molecule has 2 aromatic carbocycles. The molecule has 0 amide bonds. The first-order valence-electron chi connectivity index (χ1n) is 7.29. The molecular weight excluding hydrogens is 246 g/mol. The molecule has 2 heteroatoms. The smallest absolute Gasteiger partial charge is 0.119 e. The highest BCUT2D eigenvalue weighted by molar-refractivity contribution is 5.70. The van der Waals surface area contributed by atoms with Crippen molar-refractivity contribution < 1.29 is 4.74 Å². The monoisotopic (exact) mass is 267 g/mol. The lowest BCUT2D eigenvalue weighted by atomic mass is 9.91. The van der Waals surface area contributed by atoms with Crippen LogP contribution in [-0.2, 0) is 13.0 Å². The van der Waals surface area contributed by atoms with Gasteiger partial charge in [0.2, 0.25) is 0 Å². The highest BCUT2D eigenvalue weighted by Gasteiger charge is 2.18. The second-order valence-corrected chi connectivity index (χ2v) is 5.29. The first-order chi connectivity index (χ1) is 9.81. The largest absolute Gasteiger partial charge is 0.497 e. The van der Waals surface area contributed by atoms with E-state index < -0.39 is 0 Å². The molecule has 2 nitrogen and oxygen atoms in total. The van der Waals surface area contributed by atoms with E-state index in [2.05, 4.69) is 48.2 Å². The van der Waals surface area contributed by atoms with Crippen molar-refractivity contribution in [2.45, 2.75) is 19.9 Å². The summed E-state index contributed by atoms with van der Waals surface area (Å²) in [6.45, 7) is 5.58. The van der Waals surface area contributed by atoms with Gasteiger partial charge in [-0.15, -0.1) is 0 Å². The standard InChI is InChI=1S/C18H21NO/c1-3-19-11-10-14-6-5-9-17(18(14)13-19)15-7-4-8-16(12-15)20-2/h4-9,12H,3,10-11,13H2,1-2H3. The maximum atomic E-state index is 5.35. The zero-order valence-electron chi connectivity index (χ0n) is 12.2. The molecule has 0 radical (unpaired) electrons. The summed E-state index contributed by atoms with van der Waals surface area (Å²) in [5.74, 6) is 0.920. The van der Waals surface area contributed by atoms with E-state index in [1.807, 2.05) is 6.07 Å². The Hall–Kier alpha value is -1.80. The fourth-order valence-electron chi connectivity index (χ4n) is 2.97. The summed E-state index contributed by atoms with van der Waals surface area (Å²) in [4.78, 5) is 2.51. The van der Waals surface area contributed by atoms with Crippen molar-refractivity contribution in [3.8, 4) is 16.9 Å². The molecule has 1 aliphatic heterocycles. The van der Waals surface area contributed by atoms with Gasteiger partial charge in [-0.05, 0) is 47.4 Å². The van der Waals surface area contributed by atoms with Crippen molar-refractivity contribution >= 4 is 0 Å². The Bertz CT molecular complexity index is 606. The van der Waals surface area contributed by atoms with Crippen molar-refractivity contribution in [1.82, 2.24) is 4.90 Å². The molecule has 0 saturated carbocycles. The number of rotatable bonds is 3. The van der Waals surface area contributed by atoms with Crippen LogP contribution in [0, 0.1) is 0 Å². The number of hydrogen-bond acceptors (Lipinski definition) is 2. The molecule has 0 aliphatic carbocycles. The second kappa shape index (κ2) is 5.68. The molecule has 0 spiro atoms. The molecule has 0 bridgehead atoms. The average molecular weight is 267 g/mol. The Morgan fingerprint density at radius 1 is 1.15 bits per heavy atom. The molecule has 0 atom stereocenters. The van der Waals surface area contributed by atoms with Gasteiger partial charge in [0.15, 0.2) is 0 Å². The van der Waals surface area contributed by atoms with Gasteiger partial charge in [-0.3, -0.25) is 4.90 Å². The number of benzene rings is 2. The lowest BCUT2D eigenvalue weighted by molar-refractivity contribution is 0.268. The molecule has 0 fully saturated rings. The van der Waals surface area contributed by atoms with Crippen molar-refractivity contribution in [1.29, 1.82) is 0 Å². The normalized spacial score (nSPS) is 14.9. The van der Waals surface area contributed by atoms with Gasteiger partial charge in [-0.1, -0.05) is 37.3 Å². The van der Waals surface area contributed by atoms with E-state index in [4.69, 9.17) is 4.74 Å². The summed E-state index contributed by atoms with van der Waals surface area (Å²) in [6.07, 6.45) is 1.15. The highest BCUT2D eigenvalue weighted by atomic mass is 16.5. The minimum atomic E-state index is 0.920. The van der Waals surface area contributed by atoms with Gasteiger partial charge in [-0.25, -0.2) is 0 Å². The maximum absolute atomic E-state index is 5.35. The summed E-state index contributed by atoms with van der Waals surface area (Å²) in [7, 11) is 1.72. The third-order valence-corrected chi connectivity index (χ3v) is 4.18. The first kappa shape index (κ1) is 13.2. The van der Waals surface area contributed by atoms with Gasteiger partial charge >= 0.3 is 0 Å². The molecule has 0 aromatic heterocycles. The maximum Gasteiger partial charge on any atom is 0.119 e. The number of fused-ring (bicyclic) bond motifs is 1. The molecule has 1 aliphatic rings. The van der Waals surface area contributed by atoms with Crippen LogP contribution in [0.4, 0.5) is 0 Å². The summed E-state index contributed by atoms with van der Waals surface area (Å²) in [5, 5.41) is 0. The predicted molar refractivity (Wildman–Crippen MR) is 83.1 cm³/mol. The third-order valence-electron chi connectivity index (χ3n) is 4.18. The minimum absolute atomic E-state index is 0.920. The van der Waals surface area contributed by atoms with Crippen molar-refractivity contribution in [3.05, 3.63) is 53.6 Å². The van der Waals surface area contributed by atoms with Crippen LogP contribution < -0.4 is 4.74 Å². The Kier molecular flexibility index (Phi) is 3.75. The van der Waals surface area contributed by atoms with Crippen LogP contribution >= 0.6 is 0 Å². The van der Waals surface area contributed by atoms with Gasteiger partial charge < -0.3 is 4.74 Å². The molecule has 20 heavy (non-hydrogen) atoms. The molecule has 0 N–H and O–H groups in total. The van der Waals surface area contributed by atoms with E-state index in [1.165, 1.54) is 28.8 Å². The third kappa shape index (κ3) is 2.44. The lowest BCUT2D eigenvalue weighted by Crippen LogP contribution is -2.30. The lowest BCUT2D eigenvalue weighted by Gasteiger charge is -2.29. The van der Waals surface area contributed by atoms with Crippen LogP contribution in [0.3, 0.4) is 0 Å². The van der Waals surface area contributed by atoms with Gasteiger partial charge in [0.1, 0.15) is 5.75 Å². The van der Waals surface area contributed by atoms with Crippen LogP contribution in [-0.4, -0.2) is 25.1 Å². The van der Waals surface area contributed by atoms with Crippen LogP contribution in [0.1, 0.15) is 18.1 Å². The van der Waals surface area contributed by atoms with E-state index in [9.17, 15) is 0 Å². The van der Waals surface area contributed by atoms with Gasteiger partial charge in [-0.2, -0.15) is 0 Å². The topological polar surface area (TPSA) is 12.5 Å². The summed E-state index contributed by atoms with van der Waals surface area (Å²) in [6, 6.07) is 15.0. The number of methoxy groups -OCH3 is 1. The zero-order chi connectivity index (χ0) is 13.9. The van der Waals surface area contributed by atoms with Gasteiger partial charge in [0.25, 0.3) is 0 Å².